The van der Waals surface area contributed by atoms with Crippen molar-refractivity contribution in [3.8, 4) is 0 Å². The molecule has 0 unspecified atom stereocenters. The Bertz CT molecular complexity index is 268. The number of nitrogens with one attached hydrogen (secondary N) is 1. The van der Waals surface area contributed by atoms with Gasteiger partial charge in [-0.1, -0.05) is 13.8 Å². The van der Waals surface area contributed by atoms with Crippen molar-refractivity contribution in [1.82, 2.24) is 10.3 Å². The van der Waals surface area contributed by atoms with Gasteiger partial charge in [-0.15, -0.1) is 11.3 Å². The van der Waals surface area contributed by atoms with Crippen LogP contribution in [0.3, 0.4) is 0 Å². The second kappa shape index (κ2) is 6.96. The molecule has 0 aliphatic carbocycles. The largest absolute Gasteiger partial charge is 0.316 e. The second-order valence-electron chi connectivity index (χ2n) is 4.40. The van der Waals surface area contributed by atoms with Gasteiger partial charge in [0, 0.05) is 11.4 Å². The lowest BCUT2D eigenvalue weighted by atomic mass is 10.1. The summed E-state index contributed by atoms with van der Waals surface area (Å²) in [6, 6.07) is 0. The highest BCUT2D eigenvalue weighted by Crippen LogP contribution is 2.11. The highest BCUT2D eigenvalue weighted by molar-refractivity contribution is 7.09. The van der Waals surface area contributed by atoms with E-state index in [0.717, 1.165) is 25.4 Å². The van der Waals surface area contributed by atoms with E-state index >= 15 is 0 Å². The van der Waals surface area contributed by atoms with Crippen LogP contribution in [-0.4, -0.2) is 18.1 Å². The van der Waals surface area contributed by atoms with Gasteiger partial charge in [-0.2, -0.15) is 0 Å². The average Bonchev–Trinajstić information content (AvgIpc) is 2.57. The Labute approximate surface area is 97.1 Å². The molecule has 0 amide bonds. The number of rotatable bonds is 7. The molecule has 3 heteroatoms. The van der Waals surface area contributed by atoms with Gasteiger partial charge in [0.1, 0.15) is 0 Å². The number of thiazole rings is 1. The fraction of sp³-hybridized carbons (Fsp3) is 0.750. The van der Waals surface area contributed by atoms with Crippen molar-refractivity contribution >= 4 is 11.3 Å². The molecular weight excluding hydrogens is 204 g/mol. The first-order valence-corrected chi connectivity index (χ1v) is 6.67. The summed E-state index contributed by atoms with van der Waals surface area (Å²) >= 11 is 1.77. The van der Waals surface area contributed by atoms with Crippen LogP contribution in [0.2, 0.25) is 0 Å². The predicted molar refractivity (Wildman–Crippen MR) is 67.5 cm³/mol. The number of aryl methyl sites for hydroxylation is 1. The van der Waals surface area contributed by atoms with Crippen molar-refractivity contribution in [2.24, 2.45) is 5.92 Å². The molecule has 1 aromatic rings. The quantitative estimate of drug-likeness (QED) is 0.723. The van der Waals surface area contributed by atoms with Crippen molar-refractivity contribution in [2.75, 3.05) is 13.1 Å². The maximum Gasteiger partial charge on any atom is 0.0797 e. The third kappa shape index (κ3) is 5.28. The van der Waals surface area contributed by atoms with E-state index in [0.29, 0.717) is 0 Å². The molecular formula is C12H22N2S. The zero-order chi connectivity index (χ0) is 11.1. The van der Waals surface area contributed by atoms with Gasteiger partial charge in [0.15, 0.2) is 0 Å². The lowest BCUT2D eigenvalue weighted by Gasteiger charge is -2.05. The molecule has 1 rings (SSSR count). The first kappa shape index (κ1) is 12.7. The molecule has 0 spiro atoms. The van der Waals surface area contributed by atoms with Gasteiger partial charge in [-0.3, -0.25) is 0 Å². The zero-order valence-corrected chi connectivity index (χ0v) is 10.9. The minimum Gasteiger partial charge on any atom is -0.316 e. The molecule has 0 aliphatic heterocycles. The normalized spacial score (nSPS) is 11.2. The van der Waals surface area contributed by atoms with E-state index in [2.05, 4.69) is 31.1 Å². The van der Waals surface area contributed by atoms with Gasteiger partial charge in [0.25, 0.3) is 0 Å². The maximum absolute atomic E-state index is 4.25. The lowest BCUT2D eigenvalue weighted by Crippen LogP contribution is -2.18. The minimum absolute atomic E-state index is 0.829. The molecule has 1 N–H and O–H groups in total. The van der Waals surface area contributed by atoms with Gasteiger partial charge in [0.2, 0.25) is 0 Å². The maximum atomic E-state index is 4.25. The third-order valence-electron chi connectivity index (χ3n) is 2.51. The van der Waals surface area contributed by atoms with E-state index in [1.165, 1.54) is 23.4 Å². The monoisotopic (exact) mass is 226 g/mol. The van der Waals surface area contributed by atoms with Gasteiger partial charge in [-0.05, 0) is 38.6 Å². The van der Waals surface area contributed by atoms with Gasteiger partial charge in [0.05, 0.1) is 11.2 Å². The Morgan fingerprint density at radius 2 is 2.20 bits per heavy atom. The van der Waals surface area contributed by atoms with Crippen LogP contribution < -0.4 is 5.32 Å². The smallest absolute Gasteiger partial charge is 0.0797 e. The molecule has 0 saturated heterocycles. The SMILES string of the molecule is Cc1ncsc1CCNCCCC(C)C. The molecule has 0 atom stereocenters. The molecule has 1 aromatic heterocycles. The molecule has 0 fully saturated rings. The Morgan fingerprint density at radius 3 is 2.80 bits per heavy atom. The highest BCUT2D eigenvalue weighted by Gasteiger charge is 2.00. The van der Waals surface area contributed by atoms with Gasteiger partial charge in [-0.25, -0.2) is 4.98 Å². The minimum atomic E-state index is 0.829. The highest BCUT2D eigenvalue weighted by atomic mass is 32.1. The van der Waals surface area contributed by atoms with E-state index in [4.69, 9.17) is 0 Å². The lowest BCUT2D eigenvalue weighted by molar-refractivity contribution is 0.529. The molecule has 1 heterocycles. The van der Waals surface area contributed by atoms with Crippen molar-refractivity contribution in [1.29, 1.82) is 0 Å². The van der Waals surface area contributed by atoms with E-state index < -0.39 is 0 Å². The van der Waals surface area contributed by atoms with Gasteiger partial charge >= 0.3 is 0 Å². The van der Waals surface area contributed by atoms with Gasteiger partial charge < -0.3 is 5.32 Å². The summed E-state index contributed by atoms with van der Waals surface area (Å²) < 4.78 is 0. The molecule has 0 aromatic carbocycles. The number of hydrogen-bond acceptors (Lipinski definition) is 3. The second-order valence-corrected chi connectivity index (χ2v) is 5.34. The Morgan fingerprint density at radius 1 is 1.40 bits per heavy atom. The van der Waals surface area contributed by atoms with Crippen molar-refractivity contribution < 1.29 is 0 Å². The molecule has 0 saturated carbocycles. The summed E-state index contributed by atoms with van der Waals surface area (Å²) in [5, 5.41) is 3.49. The average molecular weight is 226 g/mol. The van der Waals surface area contributed by atoms with Crippen LogP contribution in [-0.2, 0) is 6.42 Å². The first-order chi connectivity index (χ1) is 7.20. The fourth-order valence-corrected chi connectivity index (χ4v) is 2.31. The Hall–Kier alpha value is -0.410. The predicted octanol–water partition coefficient (Wildman–Crippen LogP) is 3.02. The van der Waals surface area contributed by atoms with Crippen molar-refractivity contribution in [3.63, 3.8) is 0 Å². The Balaban J connectivity index is 2.00. The van der Waals surface area contributed by atoms with Crippen molar-refractivity contribution in [2.45, 2.75) is 40.0 Å². The van der Waals surface area contributed by atoms with E-state index in [1.54, 1.807) is 11.3 Å². The summed E-state index contributed by atoms with van der Waals surface area (Å²) in [5.41, 5.74) is 3.13. The van der Waals surface area contributed by atoms with Crippen LogP contribution in [0.15, 0.2) is 5.51 Å². The standard InChI is InChI=1S/C12H22N2S/c1-10(2)5-4-7-13-8-6-12-11(3)14-9-15-12/h9-10,13H,4-8H2,1-3H3. The summed E-state index contributed by atoms with van der Waals surface area (Å²) in [6.45, 7) is 8.88. The zero-order valence-electron chi connectivity index (χ0n) is 10.0. The summed E-state index contributed by atoms with van der Waals surface area (Å²) in [6.07, 6.45) is 3.74. The number of nitrogens with zero attached hydrogens (tertiary/aromatic N) is 1. The molecule has 0 radical (unpaired) electrons. The summed E-state index contributed by atoms with van der Waals surface area (Å²) in [5.74, 6) is 0.829. The molecule has 86 valence electrons. The van der Waals surface area contributed by atoms with Crippen LogP contribution in [0.5, 0.6) is 0 Å². The van der Waals surface area contributed by atoms with Crippen molar-refractivity contribution in [3.05, 3.63) is 16.1 Å². The summed E-state index contributed by atoms with van der Waals surface area (Å²) in [4.78, 5) is 5.67. The molecule has 15 heavy (non-hydrogen) atoms. The number of hydrogen-bond donors (Lipinski definition) is 1. The van der Waals surface area contributed by atoms with Crippen LogP contribution >= 0.6 is 11.3 Å². The Kier molecular flexibility index (Phi) is 5.88. The molecule has 0 aliphatic rings. The summed E-state index contributed by atoms with van der Waals surface area (Å²) in [7, 11) is 0. The van der Waals surface area contributed by atoms with Crippen LogP contribution in [0.4, 0.5) is 0 Å². The first-order valence-electron chi connectivity index (χ1n) is 5.80. The van der Waals surface area contributed by atoms with Crippen LogP contribution in [0, 0.1) is 12.8 Å². The fourth-order valence-electron chi connectivity index (χ4n) is 1.53. The van der Waals surface area contributed by atoms with Crippen LogP contribution in [0.25, 0.3) is 0 Å². The molecule has 2 nitrogen and oxygen atoms in total. The topological polar surface area (TPSA) is 24.9 Å². The van der Waals surface area contributed by atoms with E-state index in [9.17, 15) is 0 Å². The molecule has 0 bridgehead atoms. The third-order valence-corrected chi connectivity index (χ3v) is 3.50. The van der Waals surface area contributed by atoms with E-state index in [-0.39, 0.29) is 0 Å². The van der Waals surface area contributed by atoms with E-state index in [1.807, 2.05) is 5.51 Å². The van der Waals surface area contributed by atoms with Crippen LogP contribution in [0.1, 0.15) is 37.3 Å². The number of aromatic nitrogens is 1.